The first-order chi connectivity index (χ1) is 16.9. The molecule has 0 unspecified atom stereocenters. The number of hydrogen-bond acceptors (Lipinski definition) is 5. The van der Waals surface area contributed by atoms with Crippen LogP contribution in [0.5, 0.6) is 11.5 Å². The highest BCUT2D eigenvalue weighted by atomic mass is 79.9. The number of halogens is 2. The lowest BCUT2D eigenvalue weighted by molar-refractivity contribution is -0.122. The van der Waals surface area contributed by atoms with Crippen LogP contribution >= 0.6 is 27.5 Å². The number of benzene rings is 3. The lowest BCUT2D eigenvalue weighted by Crippen LogP contribution is -2.54. The van der Waals surface area contributed by atoms with E-state index in [1.165, 1.54) is 12.1 Å². The van der Waals surface area contributed by atoms with Crippen LogP contribution in [0.4, 0.5) is 10.5 Å². The maximum absolute atomic E-state index is 13.1. The summed E-state index contributed by atoms with van der Waals surface area (Å²) >= 11 is 9.68. The van der Waals surface area contributed by atoms with E-state index in [9.17, 15) is 14.4 Å². The minimum atomic E-state index is -0.865. The highest BCUT2D eigenvalue weighted by molar-refractivity contribution is 9.10. The molecule has 35 heavy (non-hydrogen) atoms. The van der Waals surface area contributed by atoms with E-state index < -0.39 is 17.8 Å². The molecule has 4 amide bonds. The summed E-state index contributed by atoms with van der Waals surface area (Å²) < 4.78 is 12.6. The van der Waals surface area contributed by atoms with Crippen molar-refractivity contribution < 1.29 is 23.9 Å². The molecule has 0 aromatic heterocycles. The molecule has 0 atom stereocenters. The number of nitrogens with one attached hydrogen (secondary N) is 1. The average molecular weight is 556 g/mol. The lowest BCUT2D eigenvalue weighted by atomic mass is 10.1. The van der Waals surface area contributed by atoms with Crippen molar-refractivity contribution in [1.82, 2.24) is 5.32 Å². The van der Waals surface area contributed by atoms with Crippen molar-refractivity contribution in [2.24, 2.45) is 0 Å². The Morgan fingerprint density at radius 2 is 1.71 bits per heavy atom. The van der Waals surface area contributed by atoms with Crippen LogP contribution in [0, 0.1) is 0 Å². The predicted molar refractivity (Wildman–Crippen MR) is 137 cm³/mol. The Kier molecular flexibility index (Phi) is 7.53. The Balaban J connectivity index is 1.63. The summed E-state index contributed by atoms with van der Waals surface area (Å²) in [5.41, 5.74) is 1.46. The normalized spacial score (nSPS) is 14.8. The topological polar surface area (TPSA) is 84.9 Å². The van der Waals surface area contributed by atoms with Gasteiger partial charge in [-0.05, 0) is 48.9 Å². The highest BCUT2D eigenvalue weighted by Gasteiger charge is 2.37. The molecule has 1 heterocycles. The van der Waals surface area contributed by atoms with Crippen molar-refractivity contribution in [1.29, 1.82) is 0 Å². The molecule has 0 bridgehead atoms. The second-order valence-corrected chi connectivity index (χ2v) is 8.69. The van der Waals surface area contributed by atoms with Gasteiger partial charge < -0.3 is 9.47 Å². The Morgan fingerprint density at radius 1 is 0.971 bits per heavy atom. The summed E-state index contributed by atoms with van der Waals surface area (Å²) in [6, 6.07) is 18.3. The van der Waals surface area contributed by atoms with Crippen LogP contribution in [0.25, 0.3) is 6.08 Å². The van der Waals surface area contributed by atoms with E-state index in [4.69, 9.17) is 21.1 Å². The van der Waals surface area contributed by atoms with Gasteiger partial charge in [0.1, 0.15) is 12.2 Å². The lowest BCUT2D eigenvalue weighted by Gasteiger charge is -2.27. The van der Waals surface area contributed by atoms with Gasteiger partial charge in [-0.1, -0.05) is 63.9 Å². The second-order valence-electron chi connectivity index (χ2n) is 7.43. The number of urea groups is 1. The summed E-state index contributed by atoms with van der Waals surface area (Å²) in [6.07, 6.45) is 1.40. The number of para-hydroxylation sites is 1. The fourth-order valence-corrected chi connectivity index (χ4v) is 4.07. The Labute approximate surface area is 215 Å². The Hall–Kier alpha value is -3.62. The summed E-state index contributed by atoms with van der Waals surface area (Å²) in [4.78, 5) is 38.9. The van der Waals surface area contributed by atoms with Crippen LogP contribution in [0.2, 0.25) is 5.02 Å². The number of carbonyl (C=O) groups excluding carboxylic acids is 3. The van der Waals surface area contributed by atoms with Gasteiger partial charge in [-0.2, -0.15) is 0 Å². The monoisotopic (exact) mass is 554 g/mol. The summed E-state index contributed by atoms with van der Waals surface area (Å²) in [7, 11) is 0. The zero-order valence-electron chi connectivity index (χ0n) is 18.6. The quantitative estimate of drug-likeness (QED) is 0.297. The number of carbonyl (C=O) groups is 3. The van der Waals surface area contributed by atoms with Gasteiger partial charge in [0.05, 0.1) is 17.3 Å². The van der Waals surface area contributed by atoms with Crippen LogP contribution in [0.1, 0.15) is 18.1 Å². The van der Waals surface area contributed by atoms with Crippen LogP contribution < -0.4 is 19.7 Å². The minimum Gasteiger partial charge on any atom is -0.490 e. The molecule has 1 aliphatic heterocycles. The standard InChI is InChI=1S/C26H20BrClN2O5/c1-2-34-23-14-16(11-12-22(23)35-15-17-7-3-4-8-19(17)27)13-18-24(31)29-26(33)30(25(18)32)21-10-6-5-9-20(21)28/h3-14H,2,15H2,1H3,(H,29,31,33)/b18-13+. The van der Waals surface area contributed by atoms with E-state index in [0.717, 1.165) is 14.9 Å². The molecule has 1 fully saturated rings. The molecule has 7 nitrogen and oxygen atoms in total. The Bertz CT molecular complexity index is 1340. The largest absolute Gasteiger partial charge is 0.490 e. The molecule has 1 saturated heterocycles. The van der Waals surface area contributed by atoms with E-state index in [1.54, 1.807) is 36.4 Å². The van der Waals surface area contributed by atoms with Crippen LogP contribution in [0.15, 0.2) is 76.8 Å². The molecular weight excluding hydrogens is 536 g/mol. The predicted octanol–water partition coefficient (Wildman–Crippen LogP) is 5.75. The number of imide groups is 2. The average Bonchev–Trinajstić information content (AvgIpc) is 2.83. The number of barbiturate groups is 1. The molecule has 1 aliphatic rings. The molecular formula is C26H20BrClN2O5. The third-order valence-corrected chi connectivity index (χ3v) is 6.21. The van der Waals surface area contributed by atoms with Crippen molar-refractivity contribution >= 4 is 57.1 Å². The van der Waals surface area contributed by atoms with E-state index >= 15 is 0 Å². The number of anilines is 1. The zero-order valence-corrected chi connectivity index (χ0v) is 20.9. The van der Waals surface area contributed by atoms with Crippen LogP contribution in [-0.4, -0.2) is 24.5 Å². The summed E-state index contributed by atoms with van der Waals surface area (Å²) in [6.45, 7) is 2.55. The van der Waals surface area contributed by atoms with Crippen LogP contribution in [0.3, 0.4) is 0 Å². The minimum absolute atomic E-state index is 0.181. The second kappa shape index (κ2) is 10.8. The van der Waals surface area contributed by atoms with Gasteiger partial charge >= 0.3 is 6.03 Å². The Morgan fingerprint density at radius 3 is 2.46 bits per heavy atom. The molecule has 178 valence electrons. The molecule has 4 rings (SSSR count). The molecule has 3 aromatic carbocycles. The molecule has 0 aliphatic carbocycles. The first kappa shape index (κ1) is 24.5. The highest BCUT2D eigenvalue weighted by Crippen LogP contribution is 2.32. The number of nitrogens with zero attached hydrogens (tertiary/aromatic N) is 1. The third kappa shape index (κ3) is 5.39. The molecule has 0 saturated carbocycles. The van der Waals surface area contributed by atoms with E-state index in [1.807, 2.05) is 31.2 Å². The zero-order chi connectivity index (χ0) is 24.9. The van der Waals surface area contributed by atoms with Crippen molar-refractivity contribution in [3.8, 4) is 11.5 Å². The van der Waals surface area contributed by atoms with Gasteiger partial charge in [-0.15, -0.1) is 0 Å². The molecule has 1 N–H and O–H groups in total. The van der Waals surface area contributed by atoms with Crippen molar-refractivity contribution in [3.63, 3.8) is 0 Å². The third-order valence-electron chi connectivity index (χ3n) is 5.11. The number of amides is 4. The van der Waals surface area contributed by atoms with E-state index in [0.29, 0.717) is 30.3 Å². The summed E-state index contributed by atoms with van der Waals surface area (Å²) in [5.74, 6) is -0.608. The van der Waals surface area contributed by atoms with Gasteiger partial charge in [-0.25, -0.2) is 9.69 Å². The molecule has 0 spiro atoms. The number of rotatable bonds is 7. The fourth-order valence-electron chi connectivity index (χ4n) is 3.45. The smallest absolute Gasteiger partial charge is 0.335 e. The fraction of sp³-hybridized carbons (Fsp3) is 0.115. The van der Waals surface area contributed by atoms with Gasteiger partial charge in [-0.3, -0.25) is 14.9 Å². The van der Waals surface area contributed by atoms with Crippen molar-refractivity contribution in [3.05, 3.63) is 92.9 Å². The van der Waals surface area contributed by atoms with Crippen LogP contribution in [-0.2, 0) is 16.2 Å². The number of ether oxygens (including phenoxy) is 2. The SMILES string of the molecule is CCOc1cc(/C=C2\C(=O)NC(=O)N(c3ccccc3Cl)C2=O)ccc1OCc1ccccc1Br. The van der Waals surface area contributed by atoms with E-state index in [2.05, 4.69) is 21.2 Å². The van der Waals surface area contributed by atoms with Gasteiger partial charge in [0.25, 0.3) is 11.8 Å². The maximum Gasteiger partial charge on any atom is 0.335 e. The van der Waals surface area contributed by atoms with Gasteiger partial charge in [0.2, 0.25) is 0 Å². The van der Waals surface area contributed by atoms with Gasteiger partial charge in [0.15, 0.2) is 11.5 Å². The summed E-state index contributed by atoms with van der Waals surface area (Å²) in [5, 5.41) is 2.39. The van der Waals surface area contributed by atoms with Crippen molar-refractivity contribution in [2.45, 2.75) is 13.5 Å². The molecule has 9 heteroatoms. The van der Waals surface area contributed by atoms with E-state index in [-0.39, 0.29) is 16.3 Å². The first-order valence-electron chi connectivity index (χ1n) is 10.7. The molecule has 3 aromatic rings. The molecule has 0 radical (unpaired) electrons. The first-order valence-corrected chi connectivity index (χ1v) is 11.8. The maximum atomic E-state index is 13.1. The van der Waals surface area contributed by atoms with Gasteiger partial charge in [0, 0.05) is 10.0 Å². The van der Waals surface area contributed by atoms with Crippen molar-refractivity contribution in [2.75, 3.05) is 11.5 Å². The number of hydrogen-bond donors (Lipinski definition) is 1.